The summed E-state index contributed by atoms with van der Waals surface area (Å²) < 4.78 is 0. The molecule has 22 heavy (non-hydrogen) atoms. The van der Waals surface area contributed by atoms with Crippen LogP contribution in [-0.2, 0) is 4.79 Å². The molecule has 0 N–H and O–H groups in total. The van der Waals surface area contributed by atoms with E-state index in [0.29, 0.717) is 11.3 Å². The van der Waals surface area contributed by atoms with Crippen LogP contribution in [0.4, 0.5) is 0 Å². The predicted octanol–water partition coefficient (Wildman–Crippen LogP) is 5.05. The summed E-state index contributed by atoms with van der Waals surface area (Å²) in [5, 5.41) is 0.854. The van der Waals surface area contributed by atoms with E-state index in [4.69, 9.17) is 0 Å². The highest BCUT2D eigenvalue weighted by molar-refractivity contribution is 8.77. The molecule has 0 bridgehead atoms. The van der Waals surface area contributed by atoms with Crippen molar-refractivity contribution in [2.24, 2.45) is 5.41 Å². The number of allylic oxidation sites excluding steroid dienone is 2. The quantitative estimate of drug-likeness (QED) is 0.397. The molecule has 0 aromatic heterocycles. The number of rotatable bonds is 5. The number of unbranched alkanes of at least 4 members (excludes halogenated alkanes) is 1. The van der Waals surface area contributed by atoms with E-state index < -0.39 is 0 Å². The Labute approximate surface area is 143 Å². The van der Waals surface area contributed by atoms with Gasteiger partial charge in [-0.3, -0.25) is 4.79 Å². The molecule has 1 amide bonds. The van der Waals surface area contributed by atoms with Crippen molar-refractivity contribution in [1.29, 1.82) is 0 Å². The number of piperidine rings is 1. The van der Waals surface area contributed by atoms with Crippen LogP contribution in [-0.4, -0.2) is 34.9 Å². The van der Waals surface area contributed by atoms with Gasteiger partial charge in [-0.25, -0.2) is 0 Å². The highest BCUT2D eigenvalue weighted by Crippen LogP contribution is 2.41. The van der Waals surface area contributed by atoms with Crippen LogP contribution in [0.15, 0.2) is 12.2 Å². The zero-order valence-electron chi connectivity index (χ0n) is 13.6. The van der Waals surface area contributed by atoms with Gasteiger partial charge in [0.15, 0.2) is 0 Å². The van der Waals surface area contributed by atoms with E-state index in [1.165, 1.54) is 57.1 Å². The lowest BCUT2D eigenvalue weighted by Crippen LogP contribution is -2.46. The Morgan fingerprint density at radius 2 is 2.23 bits per heavy atom. The number of carbonyl (C=O) groups excluding carboxylic acids is 1. The Balaban J connectivity index is 1.38. The third kappa shape index (κ3) is 4.47. The topological polar surface area (TPSA) is 20.3 Å². The molecule has 3 rings (SSSR count). The summed E-state index contributed by atoms with van der Waals surface area (Å²) in [7, 11) is 4.08. The van der Waals surface area contributed by atoms with Crippen molar-refractivity contribution in [3.63, 3.8) is 0 Å². The number of amides is 1. The lowest BCUT2D eigenvalue weighted by atomic mass is 9.71. The Hall–Kier alpha value is -0.0900. The standard InChI is InChI=1S/C18H29NOS2/c20-17(8-3-2-7-16-9-14-21-22-16)19-13-6-12-18(15-19)10-4-1-5-11-18/h1,4,16H,2-3,5-15H2/t16-,18+/m0/s1. The second-order valence-corrected chi connectivity index (χ2v) is 10.00. The van der Waals surface area contributed by atoms with Crippen molar-refractivity contribution in [1.82, 2.24) is 4.90 Å². The minimum Gasteiger partial charge on any atom is -0.342 e. The lowest BCUT2D eigenvalue weighted by molar-refractivity contribution is -0.135. The molecule has 0 radical (unpaired) electrons. The van der Waals surface area contributed by atoms with E-state index in [1.807, 2.05) is 10.8 Å². The zero-order valence-corrected chi connectivity index (χ0v) is 15.2. The summed E-state index contributed by atoms with van der Waals surface area (Å²) in [4.78, 5) is 14.7. The molecule has 2 nitrogen and oxygen atoms in total. The summed E-state index contributed by atoms with van der Waals surface area (Å²) in [5.41, 5.74) is 0.417. The summed E-state index contributed by atoms with van der Waals surface area (Å²) in [5.74, 6) is 1.74. The molecular weight excluding hydrogens is 310 g/mol. The number of likely N-dealkylation sites (tertiary alicyclic amines) is 1. The summed E-state index contributed by atoms with van der Waals surface area (Å²) in [6.07, 6.45) is 16.6. The molecule has 0 saturated carbocycles. The maximum Gasteiger partial charge on any atom is 0.222 e. The minimum atomic E-state index is 0.417. The van der Waals surface area contributed by atoms with Gasteiger partial charge in [-0.05, 0) is 56.8 Å². The molecular formula is C18H29NOS2. The molecule has 0 aromatic rings. The highest BCUT2D eigenvalue weighted by atomic mass is 33.1. The van der Waals surface area contributed by atoms with Gasteiger partial charge in [0.1, 0.15) is 0 Å². The molecule has 0 unspecified atom stereocenters. The average molecular weight is 340 g/mol. The smallest absolute Gasteiger partial charge is 0.222 e. The van der Waals surface area contributed by atoms with Gasteiger partial charge >= 0.3 is 0 Å². The number of hydrogen-bond acceptors (Lipinski definition) is 3. The molecule has 2 heterocycles. The molecule has 3 aliphatic rings. The molecule has 2 saturated heterocycles. The fourth-order valence-corrected chi connectivity index (χ4v) is 7.13. The van der Waals surface area contributed by atoms with E-state index in [0.717, 1.165) is 31.2 Å². The first-order chi connectivity index (χ1) is 10.8. The maximum atomic E-state index is 12.5. The van der Waals surface area contributed by atoms with Gasteiger partial charge in [-0.15, -0.1) is 0 Å². The SMILES string of the molecule is O=C(CCCC[C@H]1CCSS1)N1CCC[C@]2(CC=CCC2)C1. The Morgan fingerprint density at radius 1 is 1.27 bits per heavy atom. The van der Waals surface area contributed by atoms with Gasteiger partial charge < -0.3 is 4.90 Å². The van der Waals surface area contributed by atoms with Gasteiger partial charge in [0.2, 0.25) is 5.91 Å². The highest BCUT2D eigenvalue weighted by Gasteiger charge is 2.36. The fraction of sp³-hybridized carbons (Fsp3) is 0.833. The third-order valence-corrected chi connectivity index (χ3v) is 8.47. The van der Waals surface area contributed by atoms with Crippen LogP contribution in [0.2, 0.25) is 0 Å². The number of carbonyl (C=O) groups is 1. The zero-order chi connectivity index (χ0) is 15.3. The minimum absolute atomic E-state index is 0.417. The van der Waals surface area contributed by atoms with E-state index in [9.17, 15) is 4.79 Å². The molecule has 2 atom stereocenters. The Morgan fingerprint density at radius 3 is 3.00 bits per heavy atom. The van der Waals surface area contributed by atoms with Gasteiger partial charge in [0.05, 0.1) is 0 Å². The van der Waals surface area contributed by atoms with Crippen LogP contribution in [0.3, 0.4) is 0 Å². The number of nitrogens with zero attached hydrogens (tertiary/aromatic N) is 1. The van der Waals surface area contributed by atoms with Gasteiger partial charge in [-0.1, -0.05) is 40.2 Å². The van der Waals surface area contributed by atoms with Gasteiger partial charge in [-0.2, -0.15) is 0 Å². The molecule has 2 fully saturated rings. The van der Waals surface area contributed by atoms with Crippen LogP contribution in [0.25, 0.3) is 0 Å². The van der Waals surface area contributed by atoms with E-state index in [2.05, 4.69) is 27.8 Å². The number of hydrogen-bond donors (Lipinski definition) is 0. The monoisotopic (exact) mass is 339 g/mol. The van der Waals surface area contributed by atoms with Crippen LogP contribution in [0.1, 0.15) is 64.2 Å². The first kappa shape index (κ1) is 16.8. The van der Waals surface area contributed by atoms with Crippen LogP contribution >= 0.6 is 21.6 Å². The summed E-state index contributed by atoms with van der Waals surface area (Å²) >= 11 is 0. The largest absolute Gasteiger partial charge is 0.342 e. The lowest BCUT2D eigenvalue weighted by Gasteiger charge is -2.44. The van der Waals surface area contributed by atoms with E-state index in [-0.39, 0.29) is 0 Å². The molecule has 1 aliphatic carbocycles. The van der Waals surface area contributed by atoms with Crippen LogP contribution in [0, 0.1) is 5.41 Å². The van der Waals surface area contributed by atoms with Gasteiger partial charge in [0.25, 0.3) is 0 Å². The maximum absolute atomic E-state index is 12.5. The molecule has 4 heteroatoms. The normalized spacial score (nSPS) is 31.8. The van der Waals surface area contributed by atoms with Crippen molar-refractivity contribution >= 4 is 27.5 Å². The van der Waals surface area contributed by atoms with Crippen molar-refractivity contribution in [2.45, 2.75) is 69.5 Å². The molecule has 0 aromatic carbocycles. The molecule has 124 valence electrons. The predicted molar refractivity (Wildman–Crippen MR) is 98.2 cm³/mol. The molecule has 1 spiro atoms. The first-order valence-electron chi connectivity index (χ1n) is 8.99. The third-order valence-electron chi connectivity index (χ3n) is 5.47. The fourth-order valence-electron chi connectivity index (χ4n) is 4.11. The second-order valence-electron chi connectivity index (χ2n) is 7.21. The van der Waals surface area contributed by atoms with E-state index in [1.54, 1.807) is 0 Å². The van der Waals surface area contributed by atoms with E-state index >= 15 is 0 Å². The average Bonchev–Trinajstić information content (AvgIpc) is 3.05. The van der Waals surface area contributed by atoms with Crippen LogP contribution in [0.5, 0.6) is 0 Å². The second kappa shape index (κ2) is 8.14. The van der Waals surface area contributed by atoms with Crippen molar-refractivity contribution in [2.75, 3.05) is 18.8 Å². The first-order valence-corrected chi connectivity index (χ1v) is 11.4. The molecule has 2 aliphatic heterocycles. The Kier molecular flexibility index (Phi) is 6.20. The van der Waals surface area contributed by atoms with Crippen LogP contribution < -0.4 is 0 Å². The van der Waals surface area contributed by atoms with Crippen molar-refractivity contribution < 1.29 is 4.79 Å². The summed E-state index contributed by atoms with van der Waals surface area (Å²) in [6.45, 7) is 2.02. The Bertz CT molecular complexity index is 406. The summed E-state index contributed by atoms with van der Waals surface area (Å²) in [6, 6.07) is 0. The van der Waals surface area contributed by atoms with Crippen molar-refractivity contribution in [3.05, 3.63) is 12.2 Å². The van der Waals surface area contributed by atoms with Crippen molar-refractivity contribution in [3.8, 4) is 0 Å². The van der Waals surface area contributed by atoms with Gasteiger partial charge in [0, 0.05) is 30.5 Å².